The van der Waals surface area contributed by atoms with E-state index in [-0.39, 0.29) is 22.9 Å². The summed E-state index contributed by atoms with van der Waals surface area (Å²) in [5, 5.41) is 26.3. The molecule has 8 rings (SSSR count). The molecule has 10 nitrogen and oxygen atoms in total. The van der Waals surface area contributed by atoms with Crippen molar-refractivity contribution in [1.29, 1.82) is 10.5 Å². The highest BCUT2D eigenvalue weighted by Crippen LogP contribution is 2.67. The molecule has 3 fully saturated rings. The van der Waals surface area contributed by atoms with Crippen LogP contribution in [0.5, 0.6) is 11.6 Å². The summed E-state index contributed by atoms with van der Waals surface area (Å²) in [6, 6.07) is 8.01. The molecule has 40 heavy (non-hydrogen) atoms. The van der Waals surface area contributed by atoms with Gasteiger partial charge in [0.2, 0.25) is 11.8 Å². The molecule has 3 saturated carbocycles. The highest BCUT2D eigenvalue weighted by Gasteiger charge is 2.69. The van der Waals surface area contributed by atoms with E-state index in [2.05, 4.69) is 16.5 Å². The van der Waals surface area contributed by atoms with E-state index in [9.17, 15) is 10.1 Å². The van der Waals surface area contributed by atoms with E-state index < -0.39 is 0 Å². The van der Waals surface area contributed by atoms with Gasteiger partial charge in [-0.25, -0.2) is 4.98 Å². The van der Waals surface area contributed by atoms with Crippen molar-refractivity contribution >= 4 is 23.6 Å². The van der Waals surface area contributed by atoms with Crippen molar-refractivity contribution in [1.82, 2.24) is 19.7 Å². The molecule has 0 spiro atoms. The van der Waals surface area contributed by atoms with E-state index in [0.29, 0.717) is 28.8 Å². The van der Waals surface area contributed by atoms with Gasteiger partial charge in [-0.15, -0.1) is 0 Å². The Morgan fingerprint density at radius 3 is 2.62 bits per heavy atom. The molecule has 5 aliphatic rings. The normalized spacial score (nSPS) is 25.6. The van der Waals surface area contributed by atoms with Gasteiger partial charge in [-0.3, -0.25) is 14.4 Å². The SMILES string of the molecule is Cc1cc(/C=C/C#N)cc(C)c1Oc1nc(NC23CC(C#N)(C2)C3)nc2c1C(C)N(c1cnn3c1CCC3)C2=O. The summed E-state index contributed by atoms with van der Waals surface area (Å²) in [7, 11) is 0. The Morgan fingerprint density at radius 1 is 1.18 bits per heavy atom. The minimum absolute atomic E-state index is 0.197. The zero-order valence-corrected chi connectivity index (χ0v) is 22.7. The number of nitrogens with zero attached hydrogens (tertiary/aromatic N) is 7. The van der Waals surface area contributed by atoms with Crippen molar-refractivity contribution in [2.24, 2.45) is 5.41 Å². The quantitative estimate of drug-likeness (QED) is 0.431. The maximum atomic E-state index is 13.9. The number of anilines is 2. The molecule has 0 radical (unpaired) electrons. The highest BCUT2D eigenvalue weighted by atomic mass is 16.5. The van der Waals surface area contributed by atoms with E-state index in [0.717, 1.165) is 66.7 Å². The van der Waals surface area contributed by atoms with Gasteiger partial charge in [-0.2, -0.15) is 20.6 Å². The number of allylic oxidation sites excluding steroid dienone is 1. The molecule has 3 aliphatic carbocycles. The van der Waals surface area contributed by atoms with Crippen LogP contribution in [-0.4, -0.2) is 31.2 Å². The number of benzene rings is 1. The Kier molecular flexibility index (Phi) is 5.11. The van der Waals surface area contributed by atoms with Crippen molar-refractivity contribution < 1.29 is 9.53 Å². The average molecular weight is 533 g/mol. The Hall–Kier alpha value is -4.70. The van der Waals surface area contributed by atoms with E-state index >= 15 is 0 Å². The Balaban J connectivity index is 1.30. The zero-order valence-electron chi connectivity index (χ0n) is 22.7. The molecular weight excluding hydrogens is 504 g/mol. The van der Waals surface area contributed by atoms with Crippen LogP contribution in [0.2, 0.25) is 0 Å². The van der Waals surface area contributed by atoms with Gasteiger partial charge in [0, 0.05) is 18.2 Å². The lowest BCUT2D eigenvalue weighted by Gasteiger charge is -2.66. The van der Waals surface area contributed by atoms with Gasteiger partial charge in [0.05, 0.1) is 46.7 Å². The van der Waals surface area contributed by atoms with Crippen LogP contribution in [0.15, 0.2) is 24.4 Å². The van der Waals surface area contributed by atoms with Crippen LogP contribution >= 0.6 is 0 Å². The molecule has 1 aromatic carbocycles. The number of fused-ring (bicyclic) bond motifs is 2. The second kappa shape index (κ2) is 8.40. The number of amides is 1. The second-order valence-corrected chi connectivity index (χ2v) is 11.6. The minimum atomic E-state index is -0.351. The lowest BCUT2D eigenvalue weighted by molar-refractivity contribution is -0.0665. The number of rotatable bonds is 6. The molecule has 4 heterocycles. The second-order valence-electron chi connectivity index (χ2n) is 11.6. The zero-order chi connectivity index (χ0) is 27.8. The van der Waals surface area contributed by atoms with Crippen molar-refractivity contribution in [3.05, 3.63) is 58.0 Å². The predicted molar refractivity (Wildman–Crippen MR) is 147 cm³/mol. The van der Waals surface area contributed by atoms with E-state index in [1.807, 2.05) is 43.7 Å². The van der Waals surface area contributed by atoms with E-state index in [1.165, 1.54) is 6.08 Å². The summed E-state index contributed by atoms with van der Waals surface area (Å²) in [6.45, 7) is 6.73. The third kappa shape index (κ3) is 3.45. The monoisotopic (exact) mass is 532 g/mol. The number of ether oxygens (including phenoxy) is 1. The Bertz CT molecular complexity index is 1680. The first-order valence-corrected chi connectivity index (χ1v) is 13.6. The van der Waals surface area contributed by atoms with E-state index in [4.69, 9.17) is 20.0 Å². The number of carbonyl (C=O) groups excluding carboxylic acids is 1. The molecule has 10 heteroatoms. The smallest absolute Gasteiger partial charge is 0.278 e. The number of hydrogen-bond donors (Lipinski definition) is 1. The summed E-state index contributed by atoms with van der Waals surface area (Å²) in [5.41, 5.74) is 5.07. The molecule has 2 aliphatic heterocycles. The van der Waals surface area contributed by atoms with Gasteiger partial charge in [0.15, 0.2) is 0 Å². The van der Waals surface area contributed by atoms with Crippen LogP contribution < -0.4 is 15.0 Å². The molecule has 2 bridgehead atoms. The fourth-order valence-corrected chi connectivity index (χ4v) is 7.05. The maximum Gasteiger partial charge on any atom is 0.278 e. The standard InChI is InChI=1S/C30H28N8O2/c1-17-10-20(6-4-8-31)11-18(2)25(17)40-26-23-19(3)38(22-12-33-37-9-5-7-21(22)37)27(39)24(23)34-28(35-26)36-30-13-29(14-30,15-30)16-32/h4,6,10-12,19H,5,7,9,13-15H2,1-3H3,(H,34,35,36)/b6-4+. The van der Waals surface area contributed by atoms with Gasteiger partial charge in [-0.1, -0.05) is 0 Å². The van der Waals surface area contributed by atoms with Gasteiger partial charge in [0.1, 0.15) is 11.4 Å². The Labute approximate surface area is 231 Å². The topological polar surface area (TPSA) is 133 Å². The van der Waals surface area contributed by atoms with Crippen LogP contribution in [0.1, 0.15) is 77.1 Å². The molecule has 1 amide bonds. The first-order valence-electron chi connectivity index (χ1n) is 13.6. The van der Waals surface area contributed by atoms with Crippen molar-refractivity contribution in [2.75, 3.05) is 10.2 Å². The Morgan fingerprint density at radius 2 is 1.93 bits per heavy atom. The number of aryl methyl sites for hydroxylation is 3. The third-order valence-electron chi connectivity index (χ3n) is 8.78. The number of carbonyl (C=O) groups is 1. The molecule has 0 saturated heterocycles. The molecule has 1 unspecified atom stereocenters. The van der Waals surface area contributed by atoms with Crippen molar-refractivity contribution in [3.63, 3.8) is 0 Å². The fraction of sp³-hybridized carbons (Fsp3) is 0.400. The predicted octanol–water partition coefficient (Wildman–Crippen LogP) is 5.14. The van der Waals surface area contributed by atoms with Crippen LogP contribution in [0.3, 0.4) is 0 Å². The minimum Gasteiger partial charge on any atom is -0.438 e. The molecule has 3 aromatic rings. The summed E-state index contributed by atoms with van der Waals surface area (Å²) in [6.07, 6.45) is 9.11. The van der Waals surface area contributed by atoms with E-state index in [1.54, 1.807) is 17.2 Å². The van der Waals surface area contributed by atoms with Gasteiger partial charge in [-0.05, 0) is 87.8 Å². The first-order chi connectivity index (χ1) is 19.3. The van der Waals surface area contributed by atoms with Crippen LogP contribution in [-0.2, 0) is 13.0 Å². The first kappa shape index (κ1) is 24.3. The lowest BCUT2D eigenvalue weighted by Crippen LogP contribution is -2.70. The average Bonchev–Trinajstić information content (AvgIpc) is 3.56. The highest BCUT2D eigenvalue weighted by molar-refractivity contribution is 6.10. The summed E-state index contributed by atoms with van der Waals surface area (Å²) in [4.78, 5) is 25.3. The van der Waals surface area contributed by atoms with Crippen LogP contribution in [0, 0.1) is 41.9 Å². The van der Waals surface area contributed by atoms with Crippen LogP contribution in [0.25, 0.3) is 6.08 Å². The van der Waals surface area contributed by atoms with Crippen LogP contribution in [0.4, 0.5) is 11.6 Å². The lowest BCUT2D eigenvalue weighted by atomic mass is 9.40. The summed E-state index contributed by atoms with van der Waals surface area (Å²) < 4.78 is 8.52. The van der Waals surface area contributed by atoms with Crippen molar-refractivity contribution in [2.45, 2.75) is 71.0 Å². The molecule has 1 atom stereocenters. The molecule has 2 aromatic heterocycles. The van der Waals surface area contributed by atoms with Gasteiger partial charge < -0.3 is 10.1 Å². The van der Waals surface area contributed by atoms with Gasteiger partial charge >= 0.3 is 0 Å². The molecular formula is C30H28N8O2. The molecule has 200 valence electrons. The molecule has 1 N–H and O–H groups in total. The fourth-order valence-electron chi connectivity index (χ4n) is 7.05. The summed E-state index contributed by atoms with van der Waals surface area (Å²) >= 11 is 0. The largest absolute Gasteiger partial charge is 0.438 e. The summed E-state index contributed by atoms with van der Waals surface area (Å²) in [5.74, 6) is 1.13. The number of aromatic nitrogens is 4. The number of nitriles is 2. The van der Waals surface area contributed by atoms with Crippen molar-refractivity contribution in [3.8, 4) is 23.8 Å². The number of nitrogens with one attached hydrogen (secondary N) is 1. The maximum absolute atomic E-state index is 13.9. The third-order valence-corrected chi connectivity index (χ3v) is 8.78. The number of hydrogen-bond acceptors (Lipinski definition) is 8. The van der Waals surface area contributed by atoms with Gasteiger partial charge in [0.25, 0.3) is 5.91 Å².